The molecule has 0 aromatic heterocycles. The largest absolute Gasteiger partial charge is 0.329 e. The van der Waals surface area contributed by atoms with E-state index in [9.17, 15) is 4.79 Å². The molecule has 0 aliphatic carbocycles. The molecule has 1 fully saturated rings. The molecule has 1 amide bonds. The molecule has 0 spiro atoms. The first-order valence-corrected chi connectivity index (χ1v) is 7.36. The second-order valence-corrected chi connectivity index (χ2v) is 6.94. The number of nitrogens with zero attached hydrogens (tertiary/aromatic N) is 1. The topological polar surface area (TPSA) is 46.3 Å². The maximum atomic E-state index is 12.4. The summed E-state index contributed by atoms with van der Waals surface area (Å²) in [7, 11) is 0. The molecule has 1 aromatic carbocycles. The number of benzene rings is 1. The zero-order chi connectivity index (χ0) is 15.1. The molecule has 1 aliphatic rings. The van der Waals surface area contributed by atoms with Crippen LogP contribution in [0.4, 0.5) is 0 Å². The minimum atomic E-state index is -0.212. The van der Waals surface area contributed by atoms with Crippen molar-refractivity contribution in [3.8, 4) is 0 Å². The summed E-state index contributed by atoms with van der Waals surface area (Å²) in [5.74, 6) is 0.213. The van der Waals surface area contributed by atoms with E-state index in [0.29, 0.717) is 6.42 Å². The van der Waals surface area contributed by atoms with Gasteiger partial charge in [0.05, 0.1) is 6.04 Å². The number of amides is 1. The van der Waals surface area contributed by atoms with Gasteiger partial charge in [0, 0.05) is 18.0 Å². The SMILES string of the molecule is Cc1ccc(C)c(C2C(N)CCC(=O)N2C(C)(C)C)c1. The molecule has 1 saturated heterocycles. The lowest BCUT2D eigenvalue weighted by Crippen LogP contribution is -2.56. The summed E-state index contributed by atoms with van der Waals surface area (Å²) < 4.78 is 0. The Labute approximate surface area is 122 Å². The summed E-state index contributed by atoms with van der Waals surface area (Å²) in [4.78, 5) is 14.4. The Balaban J connectivity index is 2.53. The van der Waals surface area contributed by atoms with Crippen LogP contribution in [-0.4, -0.2) is 22.4 Å². The number of carbonyl (C=O) groups is 1. The highest BCUT2D eigenvalue weighted by Gasteiger charge is 2.41. The molecule has 1 aliphatic heterocycles. The summed E-state index contributed by atoms with van der Waals surface area (Å²) in [5.41, 5.74) is 9.79. The number of piperidine rings is 1. The average Bonchev–Trinajstić information content (AvgIpc) is 2.33. The van der Waals surface area contributed by atoms with E-state index in [1.807, 2.05) is 4.90 Å². The Kier molecular flexibility index (Phi) is 3.92. The maximum Gasteiger partial charge on any atom is 0.223 e. The van der Waals surface area contributed by atoms with E-state index in [2.05, 4.69) is 52.8 Å². The summed E-state index contributed by atoms with van der Waals surface area (Å²) in [6.07, 6.45) is 1.32. The molecule has 2 unspecified atom stereocenters. The number of hydrogen-bond acceptors (Lipinski definition) is 2. The third-order valence-corrected chi connectivity index (χ3v) is 4.12. The molecule has 2 atom stereocenters. The highest BCUT2D eigenvalue weighted by molar-refractivity contribution is 5.78. The van der Waals surface area contributed by atoms with E-state index >= 15 is 0 Å². The smallest absolute Gasteiger partial charge is 0.223 e. The fourth-order valence-electron chi connectivity index (χ4n) is 3.15. The Bertz CT molecular complexity index is 516. The van der Waals surface area contributed by atoms with E-state index < -0.39 is 0 Å². The van der Waals surface area contributed by atoms with Crippen LogP contribution in [0.3, 0.4) is 0 Å². The second kappa shape index (κ2) is 5.21. The summed E-state index contributed by atoms with van der Waals surface area (Å²) in [6, 6.07) is 6.40. The van der Waals surface area contributed by atoms with Gasteiger partial charge < -0.3 is 10.6 Å². The third kappa shape index (κ3) is 2.73. The predicted molar refractivity (Wildman–Crippen MR) is 82.5 cm³/mol. The van der Waals surface area contributed by atoms with Crippen molar-refractivity contribution in [1.29, 1.82) is 0 Å². The Hall–Kier alpha value is -1.35. The average molecular weight is 274 g/mol. The van der Waals surface area contributed by atoms with Gasteiger partial charge in [-0.15, -0.1) is 0 Å². The number of aryl methyl sites for hydroxylation is 2. The van der Waals surface area contributed by atoms with E-state index in [-0.39, 0.29) is 23.5 Å². The van der Waals surface area contributed by atoms with E-state index in [0.717, 1.165) is 6.42 Å². The maximum absolute atomic E-state index is 12.4. The monoisotopic (exact) mass is 274 g/mol. The fraction of sp³-hybridized carbons (Fsp3) is 0.588. The summed E-state index contributed by atoms with van der Waals surface area (Å²) in [5, 5.41) is 0. The molecule has 0 saturated carbocycles. The van der Waals surface area contributed by atoms with Crippen LogP contribution in [0.2, 0.25) is 0 Å². The van der Waals surface area contributed by atoms with Gasteiger partial charge in [-0.3, -0.25) is 4.79 Å². The van der Waals surface area contributed by atoms with Crippen LogP contribution in [-0.2, 0) is 4.79 Å². The van der Waals surface area contributed by atoms with E-state index in [4.69, 9.17) is 5.73 Å². The van der Waals surface area contributed by atoms with Crippen molar-refractivity contribution in [3.63, 3.8) is 0 Å². The number of rotatable bonds is 1. The lowest BCUT2D eigenvalue weighted by Gasteiger charge is -2.48. The zero-order valence-electron chi connectivity index (χ0n) is 13.2. The lowest BCUT2D eigenvalue weighted by atomic mass is 9.84. The van der Waals surface area contributed by atoms with Crippen LogP contribution in [0.5, 0.6) is 0 Å². The molecule has 3 nitrogen and oxygen atoms in total. The first-order valence-electron chi connectivity index (χ1n) is 7.36. The quantitative estimate of drug-likeness (QED) is 0.855. The first-order chi connectivity index (χ1) is 9.21. The van der Waals surface area contributed by atoms with Crippen LogP contribution in [0, 0.1) is 13.8 Å². The third-order valence-electron chi connectivity index (χ3n) is 4.12. The zero-order valence-corrected chi connectivity index (χ0v) is 13.2. The lowest BCUT2D eigenvalue weighted by molar-refractivity contribution is -0.144. The van der Waals surface area contributed by atoms with Crippen molar-refractivity contribution in [1.82, 2.24) is 4.90 Å². The number of hydrogen-bond donors (Lipinski definition) is 1. The first kappa shape index (κ1) is 15.0. The number of likely N-dealkylation sites (tertiary alicyclic amines) is 1. The van der Waals surface area contributed by atoms with Crippen molar-refractivity contribution in [3.05, 3.63) is 34.9 Å². The summed E-state index contributed by atoms with van der Waals surface area (Å²) >= 11 is 0. The van der Waals surface area contributed by atoms with Crippen LogP contribution >= 0.6 is 0 Å². The van der Waals surface area contributed by atoms with Crippen molar-refractivity contribution < 1.29 is 4.79 Å². The van der Waals surface area contributed by atoms with E-state index in [1.54, 1.807) is 0 Å². The van der Waals surface area contributed by atoms with Gasteiger partial charge in [0.15, 0.2) is 0 Å². The van der Waals surface area contributed by atoms with Gasteiger partial charge in [-0.25, -0.2) is 0 Å². The molecule has 2 N–H and O–H groups in total. The molecular formula is C17H26N2O. The molecular weight excluding hydrogens is 248 g/mol. The highest BCUT2D eigenvalue weighted by Crippen LogP contribution is 2.37. The second-order valence-electron chi connectivity index (χ2n) is 6.94. The summed E-state index contributed by atoms with van der Waals surface area (Å²) in [6.45, 7) is 10.4. The normalized spacial score (nSPS) is 24.1. The van der Waals surface area contributed by atoms with E-state index in [1.165, 1.54) is 16.7 Å². The van der Waals surface area contributed by atoms with Crippen LogP contribution < -0.4 is 5.73 Å². The van der Waals surface area contributed by atoms with Gasteiger partial charge in [-0.2, -0.15) is 0 Å². The molecule has 0 radical (unpaired) electrons. The molecule has 110 valence electrons. The van der Waals surface area contributed by atoms with Gasteiger partial charge >= 0.3 is 0 Å². The van der Waals surface area contributed by atoms with Gasteiger partial charge in [-0.1, -0.05) is 23.8 Å². The Morgan fingerprint density at radius 3 is 2.50 bits per heavy atom. The van der Waals surface area contributed by atoms with Crippen LogP contribution in [0.1, 0.15) is 56.3 Å². The van der Waals surface area contributed by atoms with Crippen LogP contribution in [0.25, 0.3) is 0 Å². The van der Waals surface area contributed by atoms with Gasteiger partial charge in [0.2, 0.25) is 5.91 Å². The minimum absolute atomic E-state index is 0.00687. The molecule has 1 heterocycles. The fourth-order valence-corrected chi connectivity index (χ4v) is 3.15. The van der Waals surface area contributed by atoms with Crippen molar-refractivity contribution in [2.24, 2.45) is 5.73 Å². The molecule has 1 aromatic rings. The van der Waals surface area contributed by atoms with Crippen molar-refractivity contribution >= 4 is 5.91 Å². The van der Waals surface area contributed by atoms with Gasteiger partial charge in [-0.05, 0) is 52.2 Å². The number of nitrogens with two attached hydrogens (primary N) is 1. The Morgan fingerprint density at radius 2 is 1.90 bits per heavy atom. The standard InChI is InChI=1S/C17H26N2O/c1-11-6-7-12(2)13(10-11)16-14(18)8-9-15(20)19(16)17(3,4)5/h6-7,10,14,16H,8-9,18H2,1-5H3. The van der Waals surface area contributed by atoms with Gasteiger partial charge in [0.1, 0.15) is 0 Å². The van der Waals surface area contributed by atoms with Crippen LogP contribution in [0.15, 0.2) is 18.2 Å². The molecule has 0 bridgehead atoms. The minimum Gasteiger partial charge on any atom is -0.329 e. The van der Waals surface area contributed by atoms with Crippen molar-refractivity contribution in [2.45, 2.75) is 65.1 Å². The molecule has 3 heteroatoms. The van der Waals surface area contributed by atoms with Crippen molar-refractivity contribution in [2.75, 3.05) is 0 Å². The molecule has 20 heavy (non-hydrogen) atoms. The number of carbonyl (C=O) groups excluding carboxylic acids is 1. The highest BCUT2D eigenvalue weighted by atomic mass is 16.2. The molecule has 2 rings (SSSR count). The predicted octanol–water partition coefficient (Wildman–Crippen LogP) is 3.09. The Morgan fingerprint density at radius 1 is 1.25 bits per heavy atom. The van der Waals surface area contributed by atoms with Gasteiger partial charge in [0.25, 0.3) is 0 Å².